The molecule has 3 N–H and O–H groups in total. The number of nitrogens with one attached hydrogen (secondary N) is 1. The number of amides is 2. The number of Topliss-reactive ketones (excluding diaryl/α,β-unsaturated/α-hetero) is 1. The van der Waals surface area contributed by atoms with Gasteiger partial charge in [-0.1, -0.05) is 30.3 Å². The molecule has 0 radical (unpaired) electrons. The minimum Gasteiger partial charge on any atom is -0.432 e. The largest absolute Gasteiger partial charge is 0.432 e. The predicted octanol–water partition coefficient (Wildman–Crippen LogP) is 0.564. The summed E-state index contributed by atoms with van der Waals surface area (Å²) in [6.45, 7) is 1.68. The molecule has 0 bridgehead atoms. The van der Waals surface area contributed by atoms with Crippen LogP contribution >= 0.6 is 0 Å². The van der Waals surface area contributed by atoms with Crippen LogP contribution in [0.1, 0.15) is 21.9 Å². The van der Waals surface area contributed by atoms with Crippen molar-refractivity contribution in [2.75, 3.05) is 0 Å². The molecule has 27 heavy (non-hydrogen) atoms. The number of rotatable bonds is 7. The fourth-order valence-corrected chi connectivity index (χ4v) is 2.64. The number of hydrogen-bond acceptors (Lipinski definition) is 6. The zero-order valence-electron chi connectivity index (χ0n) is 14.5. The minimum absolute atomic E-state index is 0.116. The monoisotopic (exact) mass is 367 g/mol. The van der Waals surface area contributed by atoms with Gasteiger partial charge in [0.05, 0.1) is 12.4 Å². The Bertz CT molecular complexity index is 963. The Morgan fingerprint density at radius 3 is 2.59 bits per heavy atom. The van der Waals surface area contributed by atoms with Crippen LogP contribution in [0.3, 0.4) is 0 Å². The number of ketones is 1. The van der Waals surface area contributed by atoms with Crippen molar-refractivity contribution in [3.63, 3.8) is 0 Å². The van der Waals surface area contributed by atoms with Gasteiger partial charge in [-0.2, -0.15) is 0 Å². The van der Waals surface area contributed by atoms with E-state index in [0.717, 1.165) is 5.56 Å². The molecular formula is C18H17N5O4. The molecule has 1 aromatic carbocycles. The van der Waals surface area contributed by atoms with Crippen molar-refractivity contribution in [2.45, 2.75) is 19.4 Å². The van der Waals surface area contributed by atoms with Gasteiger partial charge in [-0.05, 0) is 12.5 Å². The minimum atomic E-state index is -1.12. The summed E-state index contributed by atoms with van der Waals surface area (Å²) in [6, 6.07) is 8.04. The first-order valence-corrected chi connectivity index (χ1v) is 8.10. The van der Waals surface area contributed by atoms with Gasteiger partial charge in [0.25, 0.3) is 11.8 Å². The maximum Gasteiger partial charge on any atom is 0.307 e. The van der Waals surface area contributed by atoms with Crippen LogP contribution in [0.5, 0.6) is 0 Å². The van der Waals surface area contributed by atoms with E-state index in [9.17, 15) is 14.4 Å². The Morgan fingerprint density at radius 1 is 1.22 bits per heavy atom. The lowest BCUT2D eigenvalue weighted by atomic mass is 10.0. The van der Waals surface area contributed by atoms with Gasteiger partial charge in [-0.3, -0.25) is 14.4 Å². The molecule has 1 unspecified atom stereocenters. The van der Waals surface area contributed by atoms with Gasteiger partial charge in [0.1, 0.15) is 23.8 Å². The Morgan fingerprint density at radius 2 is 1.96 bits per heavy atom. The van der Waals surface area contributed by atoms with E-state index in [1.54, 1.807) is 31.2 Å². The van der Waals surface area contributed by atoms with Gasteiger partial charge in [-0.25, -0.2) is 14.5 Å². The summed E-state index contributed by atoms with van der Waals surface area (Å²) in [4.78, 5) is 44.4. The van der Waals surface area contributed by atoms with Gasteiger partial charge < -0.3 is 15.5 Å². The Hall–Kier alpha value is -3.75. The maximum atomic E-state index is 12.8. The van der Waals surface area contributed by atoms with Crippen molar-refractivity contribution >= 4 is 17.6 Å². The number of aromatic nitrogens is 3. The summed E-state index contributed by atoms with van der Waals surface area (Å²) < 4.78 is 6.63. The number of carbonyl (C=O) groups is 3. The summed E-state index contributed by atoms with van der Waals surface area (Å²) in [6.07, 6.45) is 4.26. The molecule has 0 aliphatic rings. The molecule has 138 valence electrons. The molecule has 0 spiro atoms. The average molecular weight is 367 g/mol. The molecule has 0 saturated heterocycles. The Balaban J connectivity index is 1.87. The van der Waals surface area contributed by atoms with Crippen LogP contribution in [0.25, 0.3) is 6.01 Å². The molecule has 9 nitrogen and oxygen atoms in total. The van der Waals surface area contributed by atoms with Crippen molar-refractivity contribution in [1.29, 1.82) is 0 Å². The van der Waals surface area contributed by atoms with Gasteiger partial charge in [-0.15, -0.1) is 0 Å². The van der Waals surface area contributed by atoms with Crippen LogP contribution in [-0.4, -0.2) is 38.2 Å². The second-order valence-electron chi connectivity index (χ2n) is 5.79. The third kappa shape index (κ3) is 3.92. The molecule has 9 heteroatoms. The van der Waals surface area contributed by atoms with E-state index in [4.69, 9.17) is 10.2 Å². The smallest absolute Gasteiger partial charge is 0.307 e. The Labute approximate surface area is 154 Å². The second kappa shape index (κ2) is 7.65. The SMILES string of the molecule is Cc1ncc(C(=O)NC(Cc2ccccc2)C(=O)C(N)=O)n1-c1ncco1. The third-order valence-electron chi connectivity index (χ3n) is 3.93. The summed E-state index contributed by atoms with van der Waals surface area (Å²) in [5.41, 5.74) is 6.02. The van der Waals surface area contributed by atoms with E-state index >= 15 is 0 Å². The number of hydrogen-bond donors (Lipinski definition) is 2. The number of nitrogens with two attached hydrogens (primary N) is 1. The van der Waals surface area contributed by atoms with Gasteiger partial charge in [0, 0.05) is 6.42 Å². The highest BCUT2D eigenvalue weighted by Gasteiger charge is 2.28. The van der Waals surface area contributed by atoms with Crippen molar-refractivity contribution in [2.24, 2.45) is 5.73 Å². The van der Waals surface area contributed by atoms with E-state index < -0.39 is 23.6 Å². The molecule has 0 fully saturated rings. The molecule has 1 atom stereocenters. The van der Waals surface area contributed by atoms with Gasteiger partial charge in [0.15, 0.2) is 0 Å². The third-order valence-corrected chi connectivity index (χ3v) is 3.93. The van der Waals surface area contributed by atoms with Crippen molar-refractivity contribution in [1.82, 2.24) is 19.9 Å². The number of imidazole rings is 1. The normalized spacial score (nSPS) is 11.7. The highest BCUT2D eigenvalue weighted by molar-refractivity contribution is 6.38. The van der Waals surface area contributed by atoms with Crippen molar-refractivity contribution in [3.8, 4) is 6.01 Å². The van der Waals surface area contributed by atoms with Crippen LogP contribution in [0, 0.1) is 6.92 Å². The lowest BCUT2D eigenvalue weighted by Gasteiger charge is -2.16. The van der Waals surface area contributed by atoms with E-state index in [2.05, 4.69) is 15.3 Å². The molecular weight excluding hydrogens is 350 g/mol. The molecule has 2 amide bonds. The maximum absolute atomic E-state index is 12.8. The van der Waals surface area contributed by atoms with E-state index in [0.29, 0.717) is 5.82 Å². The summed E-state index contributed by atoms with van der Waals surface area (Å²) in [7, 11) is 0. The van der Waals surface area contributed by atoms with Crippen molar-refractivity contribution in [3.05, 3.63) is 66.1 Å². The summed E-state index contributed by atoms with van der Waals surface area (Å²) >= 11 is 0. The molecule has 2 heterocycles. The summed E-state index contributed by atoms with van der Waals surface area (Å²) in [5, 5.41) is 2.56. The standard InChI is InChI=1S/C18H17N5O4/c1-11-21-10-14(23(11)18-20-7-8-27-18)17(26)22-13(15(24)16(19)25)9-12-5-3-2-4-6-12/h2-8,10,13H,9H2,1H3,(H2,19,25)(H,22,26). The highest BCUT2D eigenvalue weighted by atomic mass is 16.4. The number of benzene rings is 1. The number of primary amides is 1. The molecule has 0 aliphatic heterocycles. The van der Waals surface area contributed by atoms with Crippen LogP contribution in [0.2, 0.25) is 0 Å². The lowest BCUT2D eigenvalue weighted by molar-refractivity contribution is -0.137. The van der Waals surface area contributed by atoms with Gasteiger partial charge in [0.2, 0.25) is 5.78 Å². The molecule has 3 aromatic rings. The topological polar surface area (TPSA) is 133 Å². The van der Waals surface area contributed by atoms with E-state index in [1.807, 2.05) is 6.07 Å². The Kier molecular flexibility index (Phi) is 5.11. The van der Waals surface area contributed by atoms with E-state index in [-0.39, 0.29) is 18.1 Å². The first-order chi connectivity index (χ1) is 13.0. The van der Waals surface area contributed by atoms with Crippen LogP contribution < -0.4 is 11.1 Å². The van der Waals surface area contributed by atoms with Crippen LogP contribution in [0.15, 0.2) is 53.4 Å². The lowest BCUT2D eigenvalue weighted by Crippen LogP contribution is -2.47. The number of nitrogens with zero attached hydrogens (tertiary/aromatic N) is 3. The quantitative estimate of drug-likeness (QED) is 0.586. The zero-order valence-corrected chi connectivity index (χ0v) is 14.5. The summed E-state index contributed by atoms with van der Waals surface area (Å²) in [5.74, 6) is -2.13. The number of carbonyl (C=O) groups excluding carboxylic acids is 3. The first kappa shape index (κ1) is 18.1. The zero-order chi connectivity index (χ0) is 19.4. The number of aryl methyl sites for hydroxylation is 1. The fraction of sp³-hybridized carbons (Fsp3) is 0.167. The number of oxazole rings is 1. The predicted molar refractivity (Wildman–Crippen MR) is 94.0 cm³/mol. The molecule has 2 aromatic heterocycles. The second-order valence-corrected chi connectivity index (χ2v) is 5.79. The first-order valence-electron chi connectivity index (χ1n) is 8.10. The highest BCUT2D eigenvalue weighted by Crippen LogP contribution is 2.13. The van der Waals surface area contributed by atoms with Crippen LogP contribution in [0.4, 0.5) is 0 Å². The van der Waals surface area contributed by atoms with Crippen molar-refractivity contribution < 1.29 is 18.8 Å². The fourth-order valence-electron chi connectivity index (χ4n) is 2.64. The van der Waals surface area contributed by atoms with E-state index in [1.165, 1.54) is 23.2 Å². The molecule has 3 rings (SSSR count). The average Bonchev–Trinajstić information content (AvgIpc) is 3.30. The van der Waals surface area contributed by atoms with Crippen LogP contribution in [-0.2, 0) is 16.0 Å². The molecule has 0 aliphatic carbocycles. The van der Waals surface area contributed by atoms with Gasteiger partial charge >= 0.3 is 6.01 Å². The molecule has 0 saturated carbocycles.